The molecular weight excluding hydrogens is 320 g/mol. The zero-order valence-electron chi connectivity index (χ0n) is 15.4. The summed E-state index contributed by atoms with van der Waals surface area (Å²) in [6.07, 6.45) is 7.15. The van der Waals surface area contributed by atoms with E-state index in [1.807, 2.05) is 32.9 Å². The van der Waals surface area contributed by atoms with Gasteiger partial charge in [-0.15, -0.1) is 0 Å². The van der Waals surface area contributed by atoms with E-state index in [0.717, 1.165) is 22.3 Å². The van der Waals surface area contributed by atoms with Crippen molar-refractivity contribution in [1.29, 1.82) is 0 Å². The molecule has 0 unspecified atom stereocenters. The minimum Gasteiger partial charge on any atom is -0.497 e. The Balaban J connectivity index is 2.95. The lowest BCUT2D eigenvalue weighted by molar-refractivity contribution is -0.139. The predicted octanol–water partition coefficient (Wildman–Crippen LogP) is 3.32. The standard InChI is InChI=1S/C20H22O5/c1-11-7-8-15(19(21)24-5)18(20(22)25-6)17-13(3)10-14(23-4)9-12(2)16(11)17/h7-10H,1-6H3. The third-order valence-electron chi connectivity index (χ3n) is 4.20. The highest BCUT2D eigenvalue weighted by atomic mass is 16.5. The van der Waals surface area contributed by atoms with Crippen LogP contribution in [0.15, 0.2) is 69.1 Å². The highest BCUT2D eigenvalue weighted by Crippen LogP contribution is 2.39. The van der Waals surface area contributed by atoms with Crippen molar-refractivity contribution in [2.75, 3.05) is 21.3 Å². The van der Waals surface area contributed by atoms with Gasteiger partial charge < -0.3 is 14.2 Å². The maximum absolute atomic E-state index is 12.6. The van der Waals surface area contributed by atoms with Crippen LogP contribution in [-0.4, -0.2) is 33.3 Å². The largest absolute Gasteiger partial charge is 0.497 e. The number of carbonyl (C=O) groups is 2. The van der Waals surface area contributed by atoms with Gasteiger partial charge in [-0.1, -0.05) is 6.08 Å². The number of allylic oxidation sites excluding steroid dienone is 9. The lowest BCUT2D eigenvalue weighted by Crippen LogP contribution is -2.18. The SMILES string of the molecule is COC(=O)C1=CC=C(C)C2=C(C)C=C(OC)C=C(C)C2=C1C(=O)OC. The van der Waals surface area contributed by atoms with Gasteiger partial charge in [0, 0.05) is 5.57 Å². The van der Waals surface area contributed by atoms with Crippen LogP contribution in [0.3, 0.4) is 0 Å². The zero-order chi connectivity index (χ0) is 18.7. The number of hydrogen-bond acceptors (Lipinski definition) is 5. The number of esters is 2. The molecule has 0 radical (unpaired) electrons. The molecule has 0 aliphatic heterocycles. The molecule has 0 bridgehead atoms. The van der Waals surface area contributed by atoms with Crippen LogP contribution >= 0.6 is 0 Å². The summed E-state index contributed by atoms with van der Waals surface area (Å²) in [4.78, 5) is 24.9. The van der Waals surface area contributed by atoms with Crippen LogP contribution in [0.4, 0.5) is 0 Å². The van der Waals surface area contributed by atoms with Crippen LogP contribution in [0.5, 0.6) is 0 Å². The monoisotopic (exact) mass is 342 g/mol. The molecule has 5 heteroatoms. The molecule has 25 heavy (non-hydrogen) atoms. The second-order valence-electron chi connectivity index (χ2n) is 5.80. The average molecular weight is 342 g/mol. The van der Waals surface area contributed by atoms with Gasteiger partial charge in [-0.3, -0.25) is 0 Å². The molecule has 0 fully saturated rings. The number of ether oxygens (including phenoxy) is 3. The highest BCUT2D eigenvalue weighted by molar-refractivity contribution is 6.09. The Morgan fingerprint density at radius 3 is 2.00 bits per heavy atom. The van der Waals surface area contributed by atoms with Crippen LogP contribution in [-0.2, 0) is 23.8 Å². The summed E-state index contributed by atoms with van der Waals surface area (Å²) in [7, 11) is 4.17. The smallest absolute Gasteiger partial charge is 0.339 e. The van der Waals surface area contributed by atoms with Crippen molar-refractivity contribution in [2.45, 2.75) is 20.8 Å². The molecule has 0 aromatic carbocycles. The Labute approximate surface area is 147 Å². The molecule has 0 aromatic heterocycles. The van der Waals surface area contributed by atoms with Crippen molar-refractivity contribution in [1.82, 2.24) is 0 Å². The Kier molecular flexibility index (Phi) is 5.47. The molecule has 0 aromatic rings. The molecule has 0 saturated carbocycles. The first-order valence-corrected chi connectivity index (χ1v) is 7.81. The lowest BCUT2D eigenvalue weighted by atomic mass is 9.86. The summed E-state index contributed by atoms with van der Waals surface area (Å²) in [5.41, 5.74) is 4.52. The first-order valence-electron chi connectivity index (χ1n) is 7.81. The summed E-state index contributed by atoms with van der Waals surface area (Å²) in [5.74, 6) is -0.509. The molecule has 132 valence electrons. The van der Waals surface area contributed by atoms with E-state index >= 15 is 0 Å². The van der Waals surface area contributed by atoms with Crippen LogP contribution in [0.1, 0.15) is 20.8 Å². The molecule has 0 spiro atoms. The van der Waals surface area contributed by atoms with Gasteiger partial charge in [0.2, 0.25) is 0 Å². The van der Waals surface area contributed by atoms with E-state index in [1.165, 1.54) is 14.2 Å². The van der Waals surface area contributed by atoms with Gasteiger partial charge in [-0.05, 0) is 61.3 Å². The van der Waals surface area contributed by atoms with Gasteiger partial charge in [-0.25, -0.2) is 9.59 Å². The van der Waals surface area contributed by atoms with Gasteiger partial charge in [0.1, 0.15) is 5.76 Å². The van der Waals surface area contributed by atoms with Crippen molar-refractivity contribution in [3.05, 3.63) is 69.1 Å². The van der Waals surface area contributed by atoms with Gasteiger partial charge in [-0.2, -0.15) is 0 Å². The van der Waals surface area contributed by atoms with Crippen LogP contribution in [0.2, 0.25) is 0 Å². The molecule has 5 nitrogen and oxygen atoms in total. The van der Waals surface area contributed by atoms with E-state index in [-0.39, 0.29) is 11.1 Å². The molecule has 0 heterocycles. The quantitative estimate of drug-likeness (QED) is 0.736. The second kappa shape index (κ2) is 7.38. The van der Waals surface area contributed by atoms with Gasteiger partial charge in [0.05, 0.1) is 32.5 Å². The van der Waals surface area contributed by atoms with Crippen LogP contribution in [0.25, 0.3) is 0 Å². The first kappa shape index (κ1) is 18.5. The van der Waals surface area contributed by atoms with Crippen LogP contribution < -0.4 is 0 Å². The Hall–Kier alpha value is -2.82. The van der Waals surface area contributed by atoms with E-state index in [1.54, 1.807) is 19.3 Å². The normalized spacial score (nSPS) is 17.4. The number of hydrogen-bond donors (Lipinski definition) is 0. The Morgan fingerprint density at radius 2 is 1.44 bits per heavy atom. The molecule has 2 aliphatic carbocycles. The maximum Gasteiger partial charge on any atom is 0.339 e. The van der Waals surface area contributed by atoms with E-state index in [9.17, 15) is 9.59 Å². The third-order valence-corrected chi connectivity index (χ3v) is 4.20. The molecule has 0 saturated heterocycles. The Bertz CT molecular complexity index is 813. The minimum absolute atomic E-state index is 0.167. The summed E-state index contributed by atoms with van der Waals surface area (Å²) in [5, 5.41) is 0. The molecule has 0 N–H and O–H groups in total. The van der Waals surface area contributed by atoms with Crippen molar-refractivity contribution >= 4 is 11.9 Å². The third kappa shape index (κ3) is 3.36. The average Bonchev–Trinajstić information content (AvgIpc) is 2.83. The summed E-state index contributed by atoms with van der Waals surface area (Å²) in [6, 6.07) is 0. The molecule has 2 rings (SSSR count). The van der Waals surface area contributed by atoms with E-state index in [2.05, 4.69) is 0 Å². The molecular formula is C20H22O5. The second-order valence-corrected chi connectivity index (χ2v) is 5.80. The molecule has 0 amide bonds. The van der Waals surface area contributed by atoms with E-state index in [0.29, 0.717) is 11.3 Å². The number of carbonyl (C=O) groups excluding carboxylic acids is 2. The van der Waals surface area contributed by atoms with Crippen molar-refractivity contribution in [3.63, 3.8) is 0 Å². The van der Waals surface area contributed by atoms with Gasteiger partial charge >= 0.3 is 11.9 Å². The summed E-state index contributed by atoms with van der Waals surface area (Å²) >= 11 is 0. The fourth-order valence-corrected chi connectivity index (χ4v) is 3.06. The zero-order valence-corrected chi connectivity index (χ0v) is 15.4. The Morgan fingerprint density at radius 1 is 0.800 bits per heavy atom. The fraction of sp³-hybridized carbons (Fsp3) is 0.300. The van der Waals surface area contributed by atoms with E-state index < -0.39 is 11.9 Å². The van der Waals surface area contributed by atoms with Crippen molar-refractivity contribution in [2.24, 2.45) is 0 Å². The fourth-order valence-electron chi connectivity index (χ4n) is 3.06. The summed E-state index contributed by atoms with van der Waals surface area (Å²) < 4.78 is 15.2. The molecule has 2 aliphatic rings. The first-order chi connectivity index (χ1) is 11.8. The summed E-state index contributed by atoms with van der Waals surface area (Å²) in [6.45, 7) is 5.75. The number of fused-ring (bicyclic) bond motifs is 1. The minimum atomic E-state index is -0.590. The van der Waals surface area contributed by atoms with Crippen molar-refractivity contribution < 1.29 is 23.8 Å². The predicted molar refractivity (Wildman–Crippen MR) is 94.4 cm³/mol. The van der Waals surface area contributed by atoms with Gasteiger partial charge in [0.15, 0.2) is 0 Å². The lowest BCUT2D eigenvalue weighted by Gasteiger charge is -2.18. The van der Waals surface area contributed by atoms with E-state index in [4.69, 9.17) is 14.2 Å². The number of rotatable bonds is 3. The highest BCUT2D eigenvalue weighted by Gasteiger charge is 2.31. The van der Waals surface area contributed by atoms with Crippen LogP contribution in [0, 0.1) is 0 Å². The maximum atomic E-state index is 12.6. The van der Waals surface area contributed by atoms with Gasteiger partial charge in [0.25, 0.3) is 0 Å². The number of methoxy groups -OCH3 is 3. The topological polar surface area (TPSA) is 61.8 Å². The molecule has 0 atom stereocenters. The van der Waals surface area contributed by atoms with Crippen molar-refractivity contribution in [3.8, 4) is 0 Å².